The molecule has 0 aliphatic heterocycles. The van der Waals surface area contributed by atoms with E-state index in [4.69, 9.17) is 0 Å². The van der Waals surface area contributed by atoms with Gasteiger partial charge in [-0.3, -0.25) is 19.3 Å². The van der Waals surface area contributed by atoms with Crippen molar-refractivity contribution in [1.29, 1.82) is 0 Å². The minimum absolute atomic E-state index is 0.440. The van der Waals surface area contributed by atoms with Crippen LogP contribution >= 0.6 is 11.8 Å². The third-order valence-corrected chi connectivity index (χ3v) is 4.19. The molecule has 116 valence electrons. The molecular weight excluding hydrogens is 310 g/mol. The van der Waals surface area contributed by atoms with E-state index in [9.17, 15) is 9.59 Å². The maximum absolute atomic E-state index is 12.3. The molecule has 0 saturated carbocycles. The number of aromatic nitrogens is 3. The number of thioether (sulfide) groups is 1. The van der Waals surface area contributed by atoms with Crippen molar-refractivity contribution in [2.45, 2.75) is 11.8 Å². The second-order valence-electron chi connectivity index (χ2n) is 5.08. The average molecular weight is 325 g/mol. The first-order valence-corrected chi connectivity index (χ1v) is 8.25. The lowest BCUT2D eigenvalue weighted by molar-refractivity contribution is 0.898. The third kappa shape index (κ3) is 3.12. The molecule has 0 saturated heterocycles. The fraction of sp³-hybridized carbons (Fsp3) is 0.118. The summed E-state index contributed by atoms with van der Waals surface area (Å²) in [4.78, 5) is 31.8. The molecule has 0 bridgehead atoms. The molecule has 0 atom stereocenters. The largest absolute Gasteiger partial charge is 0.333 e. The number of H-pyrrole nitrogens is 1. The van der Waals surface area contributed by atoms with Gasteiger partial charge in [-0.2, -0.15) is 0 Å². The molecule has 1 N–H and O–H groups in total. The zero-order valence-electron chi connectivity index (χ0n) is 12.7. The van der Waals surface area contributed by atoms with Crippen LogP contribution in [0.15, 0.2) is 63.1 Å². The number of benzene rings is 1. The normalized spacial score (nSPS) is 10.7. The number of pyridine rings is 1. The molecule has 0 aliphatic carbocycles. The highest BCUT2D eigenvalue weighted by Gasteiger charge is 2.11. The SMILES string of the molecule is CSc1ccc(-n2c(-c3cc(C)ccn3)cc(=O)[nH]c2=O)cc1. The van der Waals surface area contributed by atoms with Crippen molar-refractivity contribution in [1.82, 2.24) is 14.5 Å². The van der Waals surface area contributed by atoms with E-state index >= 15 is 0 Å². The number of hydrogen-bond donors (Lipinski definition) is 1. The molecule has 0 amide bonds. The van der Waals surface area contributed by atoms with E-state index in [1.807, 2.05) is 49.6 Å². The van der Waals surface area contributed by atoms with Crippen LogP contribution in [0.5, 0.6) is 0 Å². The van der Waals surface area contributed by atoms with Gasteiger partial charge in [-0.1, -0.05) is 0 Å². The van der Waals surface area contributed by atoms with Crippen LogP contribution in [0.2, 0.25) is 0 Å². The lowest BCUT2D eigenvalue weighted by atomic mass is 10.2. The van der Waals surface area contributed by atoms with E-state index in [2.05, 4.69) is 9.97 Å². The van der Waals surface area contributed by atoms with Crippen LogP contribution in [0.1, 0.15) is 5.56 Å². The molecule has 3 aromatic rings. The molecule has 0 spiro atoms. The van der Waals surface area contributed by atoms with Gasteiger partial charge in [0, 0.05) is 17.2 Å². The highest BCUT2D eigenvalue weighted by atomic mass is 32.2. The second-order valence-corrected chi connectivity index (χ2v) is 5.96. The lowest BCUT2D eigenvalue weighted by Gasteiger charge is -2.12. The highest BCUT2D eigenvalue weighted by Crippen LogP contribution is 2.21. The van der Waals surface area contributed by atoms with Gasteiger partial charge >= 0.3 is 5.69 Å². The molecule has 2 heterocycles. The second kappa shape index (κ2) is 6.26. The summed E-state index contributed by atoms with van der Waals surface area (Å²) in [6, 6.07) is 12.7. The summed E-state index contributed by atoms with van der Waals surface area (Å²) in [5, 5.41) is 0. The average Bonchev–Trinajstić information content (AvgIpc) is 2.54. The van der Waals surface area contributed by atoms with Gasteiger partial charge in [-0.25, -0.2) is 4.79 Å². The van der Waals surface area contributed by atoms with Crippen molar-refractivity contribution in [3.05, 3.63) is 75.1 Å². The number of nitrogens with zero attached hydrogens (tertiary/aromatic N) is 2. The molecular formula is C17H15N3O2S. The Morgan fingerprint density at radius 2 is 1.83 bits per heavy atom. The van der Waals surface area contributed by atoms with Crippen molar-refractivity contribution in [3.8, 4) is 17.1 Å². The minimum atomic E-state index is -0.479. The summed E-state index contributed by atoms with van der Waals surface area (Å²) in [7, 11) is 0. The van der Waals surface area contributed by atoms with Crippen molar-refractivity contribution in [2.75, 3.05) is 6.26 Å². The van der Waals surface area contributed by atoms with E-state index < -0.39 is 11.2 Å². The molecule has 6 heteroatoms. The molecule has 2 aromatic heterocycles. The van der Waals surface area contributed by atoms with Crippen molar-refractivity contribution in [3.63, 3.8) is 0 Å². The van der Waals surface area contributed by atoms with E-state index in [1.54, 1.807) is 18.0 Å². The van der Waals surface area contributed by atoms with Crippen LogP contribution < -0.4 is 11.2 Å². The predicted molar refractivity (Wildman–Crippen MR) is 92.4 cm³/mol. The van der Waals surface area contributed by atoms with E-state index in [-0.39, 0.29) is 0 Å². The third-order valence-electron chi connectivity index (χ3n) is 3.45. The molecule has 0 fully saturated rings. The lowest BCUT2D eigenvalue weighted by Crippen LogP contribution is -2.29. The Morgan fingerprint density at radius 3 is 2.48 bits per heavy atom. The van der Waals surface area contributed by atoms with Crippen LogP contribution in [0.3, 0.4) is 0 Å². The van der Waals surface area contributed by atoms with E-state index in [0.29, 0.717) is 17.1 Å². The summed E-state index contributed by atoms with van der Waals surface area (Å²) in [5.41, 5.74) is 1.83. The van der Waals surface area contributed by atoms with Crippen LogP contribution in [0.4, 0.5) is 0 Å². The molecule has 5 nitrogen and oxygen atoms in total. The Bertz CT molecular complexity index is 959. The first kappa shape index (κ1) is 15.3. The number of hydrogen-bond acceptors (Lipinski definition) is 4. The predicted octanol–water partition coefficient (Wildman–Crippen LogP) is 2.62. The van der Waals surface area contributed by atoms with Gasteiger partial charge in [0.05, 0.1) is 17.1 Å². The van der Waals surface area contributed by atoms with Crippen LogP contribution in [0.25, 0.3) is 17.1 Å². The maximum Gasteiger partial charge on any atom is 0.333 e. The molecule has 3 rings (SSSR count). The van der Waals surface area contributed by atoms with E-state index in [0.717, 1.165) is 10.5 Å². The Morgan fingerprint density at radius 1 is 1.09 bits per heavy atom. The van der Waals surface area contributed by atoms with Gasteiger partial charge in [-0.05, 0) is 55.1 Å². The summed E-state index contributed by atoms with van der Waals surface area (Å²) < 4.78 is 1.47. The number of rotatable bonds is 3. The number of aromatic amines is 1. The maximum atomic E-state index is 12.3. The Kier molecular flexibility index (Phi) is 4.16. The number of aryl methyl sites for hydroxylation is 1. The van der Waals surface area contributed by atoms with Crippen molar-refractivity contribution < 1.29 is 0 Å². The van der Waals surface area contributed by atoms with Gasteiger partial charge < -0.3 is 0 Å². The van der Waals surface area contributed by atoms with Gasteiger partial charge in [0.15, 0.2) is 0 Å². The molecule has 0 aliphatic rings. The smallest absolute Gasteiger partial charge is 0.274 e. The topological polar surface area (TPSA) is 67.8 Å². The fourth-order valence-corrected chi connectivity index (χ4v) is 2.76. The Balaban J connectivity index is 2.27. The number of nitrogens with one attached hydrogen (secondary N) is 1. The monoisotopic (exact) mass is 325 g/mol. The van der Waals surface area contributed by atoms with Gasteiger partial charge in [0.25, 0.3) is 5.56 Å². The molecule has 0 radical (unpaired) electrons. The summed E-state index contributed by atoms with van der Waals surface area (Å²) in [6.07, 6.45) is 3.65. The van der Waals surface area contributed by atoms with Crippen LogP contribution in [-0.2, 0) is 0 Å². The summed E-state index contributed by atoms with van der Waals surface area (Å²) in [5.74, 6) is 0. The summed E-state index contributed by atoms with van der Waals surface area (Å²) in [6.45, 7) is 1.94. The van der Waals surface area contributed by atoms with Crippen LogP contribution in [0, 0.1) is 6.92 Å². The zero-order chi connectivity index (χ0) is 16.4. The Hall–Kier alpha value is -2.60. The Labute approximate surface area is 137 Å². The first-order valence-electron chi connectivity index (χ1n) is 7.02. The standard InChI is InChI=1S/C17H15N3O2S/c1-11-7-8-18-14(9-11)15-10-16(21)19-17(22)20(15)12-3-5-13(23-2)6-4-12/h3-10H,1-2H3,(H,19,21,22). The summed E-state index contributed by atoms with van der Waals surface area (Å²) >= 11 is 1.62. The zero-order valence-corrected chi connectivity index (χ0v) is 13.6. The quantitative estimate of drug-likeness (QED) is 0.752. The highest BCUT2D eigenvalue weighted by molar-refractivity contribution is 7.98. The fourth-order valence-electron chi connectivity index (χ4n) is 2.35. The van der Waals surface area contributed by atoms with Gasteiger partial charge in [-0.15, -0.1) is 11.8 Å². The first-order chi connectivity index (χ1) is 11.1. The van der Waals surface area contributed by atoms with Crippen LogP contribution in [-0.4, -0.2) is 20.8 Å². The van der Waals surface area contributed by atoms with Crippen molar-refractivity contribution >= 4 is 11.8 Å². The molecule has 23 heavy (non-hydrogen) atoms. The minimum Gasteiger partial charge on any atom is -0.274 e. The van der Waals surface area contributed by atoms with Gasteiger partial charge in [0.2, 0.25) is 0 Å². The molecule has 0 unspecified atom stereocenters. The molecule has 1 aromatic carbocycles. The van der Waals surface area contributed by atoms with Gasteiger partial charge in [0.1, 0.15) is 0 Å². The van der Waals surface area contributed by atoms with E-state index in [1.165, 1.54) is 10.6 Å². The van der Waals surface area contributed by atoms with Crippen molar-refractivity contribution in [2.24, 2.45) is 0 Å².